The lowest BCUT2D eigenvalue weighted by Gasteiger charge is -2.32. The number of carbonyl (C=O) groups excluding carboxylic acids is 1. The molecular formula is C63H75BCl3F16N17O9. The highest BCUT2D eigenvalue weighted by Crippen LogP contribution is 2.56. The molecule has 1 aliphatic heterocycles. The number of fused-ring (bicyclic) bond motifs is 2. The Morgan fingerprint density at radius 2 is 0.972 bits per heavy atom. The molecule has 4 atom stereocenters. The van der Waals surface area contributed by atoms with Gasteiger partial charge in [0.2, 0.25) is 0 Å². The van der Waals surface area contributed by atoms with Crippen LogP contribution in [0.25, 0.3) is 22.6 Å². The van der Waals surface area contributed by atoms with E-state index in [-0.39, 0.29) is 99.8 Å². The Morgan fingerprint density at radius 3 is 1.33 bits per heavy atom. The van der Waals surface area contributed by atoms with Crippen LogP contribution in [0.1, 0.15) is 141 Å². The van der Waals surface area contributed by atoms with E-state index in [4.69, 9.17) is 69.7 Å². The van der Waals surface area contributed by atoms with Crippen molar-refractivity contribution in [3.05, 3.63) is 112 Å². The topological polar surface area (TPSA) is 342 Å². The van der Waals surface area contributed by atoms with Crippen LogP contribution in [0.4, 0.5) is 81.9 Å². The van der Waals surface area contributed by atoms with Crippen molar-refractivity contribution in [3.63, 3.8) is 0 Å². The number of nitrogens with two attached hydrogens (primary N) is 1. The number of nitrogens with one attached hydrogen (secondary N) is 2. The van der Waals surface area contributed by atoms with Gasteiger partial charge in [0, 0.05) is 56.0 Å². The number of rotatable bonds is 14. The van der Waals surface area contributed by atoms with E-state index in [1.165, 1.54) is 35.0 Å². The molecule has 4 aliphatic carbocycles. The second-order valence-electron chi connectivity index (χ2n) is 25.3. The van der Waals surface area contributed by atoms with Crippen LogP contribution in [0, 0.1) is 23.5 Å². The van der Waals surface area contributed by atoms with Crippen LogP contribution >= 0.6 is 34.8 Å². The number of nitrogen functional groups attached to an aromatic ring is 1. The maximum Gasteiger partial charge on any atom is 0.496 e. The number of ether oxygens (including phenoxy) is 2. The number of Topliss-reactive ketones (excluding diaryl/α,β-unsaturated/α-hetero) is 1. The summed E-state index contributed by atoms with van der Waals surface area (Å²) in [5, 5.41) is 56.0. The molecule has 4 saturated carbocycles. The van der Waals surface area contributed by atoms with Gasteiger partial charge < -0.3 is 39.7 Å². The number of ketones is 1. The number of pyridine rings is 2. The minimum atomic E-state index is -4.73. The first-order valence-electron chi connectivity index (χ1n) is 30.2. The summed E-state index contributed by atoms with van der Waals surface area (Å²) < 4.78 is 230. The molecule has 8 aromatic rings. The molecule has 6 N–H and O–H groups in total. The second kappa shape index (κ2) is 35.4. The summed E-state index contributed by atoms with van der Waals surface area (Å²) in [5.74, 6) is -16.2. The van der Waals surface area contributed by atoms with E-state index in [1.807, 2.05) is 27.7 Å². The lowest BCUT2D eigenvalue weighted by molar-refractivity contribution is -0.236. The summed E-state index contributed by atoms with van der Waals surface area (Å²) in [6.07, 6.45) is -8.52. The van der Waals surface area contributed by atoms with Crippen molar-refractivity contribution in [3.8, 4) is 23.0 Å². The highest BCUT2D eigenvalue weighted by Gasteiger charge is 2.63. The summed E-state index contributed by atoms with van der Waals surface area (Å²) in [4.78, 5) is 37.2. The van der Waals surface area contributed by atoms with Gasteiger partial charge in [0.1, 0.15) is 16.9 Å². The fraction of sp³-hybridized carbons (Fsp3) is 0.508. The van der Waals surface area contributed by atoms with Gasteiger partial charge in [-0.2, -0.15) is 45.6 Å². The highest BCUT2D eigenvalue weighted by molar-refractivity contribution is 6.62. The average molecular weight is 1640 g/mol. The number of carboxylic acid groups (broad SMARTS) is 2. The number of hydrazine groups is 1. The number of aliphatic carboxylic acids is 2. The van der Waals surface area contributed by atoms with Crippen LogP contribution in [0.3, 0.4) is 0 Å². The third-order valence-corrected chi connectivity index (χ3v) is 16.1. The molecule has 9 heterocycles. The van der Waals surface area contributed by atoms with Gasteiger partial charge in [-0.25, -0.2) is 59.7 Å². The minimum Gasteiger partial charge on any atom is -0.481 e. The van der Waals surface area contributed by atoms with Gasteiger partial charge in [0.15, 0.2) is 67.7 Å². The molecule has 1 saturated heterocycles. The molecular weight excluding hydrogens is 1560 g/mol. The number of anilines is 2. The Balaban J connectivity index is 0.000000348. The zero-order valence-electron chi connectivity index (χ0n) is 55.6. The van der Waals surface area contributed by atoms with Crippen molar-refractivity contribution in [1.29, 1.82) is 0 Å². The van der Waals surface area contributed by atoms with Crippen LogP contribution in [0.15, 0.2) is 73.1 Å². The molecule has 109 heavy (non-hydrogen) atoms. The maximum atomic E-state index is 14.3. The Hall–Kier alpha value is -8.94. The van der Waals surface area contributed by atoms with Crippen LogP contribution < -0.4 is 31.5 Å². The van der Waals surface area contributed by atoms with Gasteiger partial charge in [0.25, 0.3) is 41.4 Å². The molecule has 46 heteroatoms. The fourth-order valence-electron chi connectivity index (χ4n) is 8.17. The molecule has 13 rings (SSSR count). The minimum absolute atomic E-state index is 0. The van der Waals surface area contributed by atoms with E-state index in [1.54, 1.807) is 24.3 Å². The quantitative estimate of drug-likeness (QED) is 0.0292. The summed E-state index contributed by atoms with van der Waals surface area (Å²) in [6.45, 7) is 11.3. The van der Waals surface area contributed by atoms with E-state index in [0.717, 1.165) is 57.5 Å². The molecule has 0 amide bonds. The average Bonchev–Trinajstić information content (AvgIpc) is 1.60. The summed E-state index contributed by atoms with van der Waals surface area (Å²) in [7, 11) is -0.860. The molecule has 4 unspecified atom stereocenters. The molecule has 0 radical (unpaired) electrons. The van der Waals surface area contributed by atoms with Crippen molar-refractivity contribution >= 4 is 88.0 Å². The Kier molecular flexibility index (Phi) is 30.6. The third-order valence-electron chi connectivity index (χ3n) is 15.5. The summed E-state index contributed by atoms with van der Waals surface area (Å²) in [5.41, 5.74) is -2.95. The zero-order chi connectivity index (χ0) is 78.8. The molecule has 602 valence electrons. The van der Waals surface area contributed by atoms with E-state index >= 15 is 0 Å². The fourth-order valence-corrected chi connectivity index (χ4v) is 8.51. The highest BCUT2D eigenvalue weighted by atomic mass is 35.5. The number of nitrogens with zero attached hydrogens (tertiary/aromatic N) is 14. The van der Waals surface area contributed by atoms with Gasteiger partial charge in [-0.1, -0.05) is 64.5 Å². The smallest absolute Gasteiger partial charge is 0.481 e. The first kappa shape index (κ1) is 94.3. The molecule has 0 bridgehead atoms. The predicted molar refractivity (Wildman–Crippen MR) is 365 cm³/mol. The largest absolute Gasteiger partial charge is 0.496 e. The van der Waals surface area contributed by atoms with Gasteiger partial charge in [-0.15, -0.1) is 40.8 Å². The van der Waals surface area contributed by atoms with Gasteiger partial charge >= 0.3 is 25.4 Å². The van der Waals surface area contributed by atoms with Crippen LogP contribution in [-0.2, 0) is 23.7 Å². The number of hydrogen-bond acceptors (Lipinski definition) is 22. The molecule has 5 aliphatic rings. The Labute approximate surface area is 627 Å². The standard InChI is InChI=1S/C17H13F6N5O.C15H20BF4NO3.C9H8ClF2N3O.C8H5ClF2N4.C4H5ClN4.C4H4F2O2.C2H4O2.4CH4/c1-15(2,17(21,22)23)29-14-10(18)5-8(7-24-14)11-3-4-12-25-26-13(28(12)27-11)9-6-16(9,19)20;1-12(2)13(3,4)24-16(23-12)9-7-10(17)11(21-8-9)22-14(5,6)15(18,19)20;10-7-1-2-8(15-14-7)13-4-6(16)5-3-9(5,11)12;9-5-1-2-6-12-13-7(15(6)14-5)4-3-8(4,10)11;5-3-1-2-4(7-6)9-8-3;5-4(6)1-2(4)3(7)8;1-2(3)4;;;;/h3-5,7,9H,6H2,1-2H3;7-8H,1-6H3;1-2,5H,3-4H2,(H,13,15);1-2,4H,3H2;1-2H,6H2,(H,7,9);2H,1H2,(H,7,8);1H3,(H,3,4);4*1H4. The number of hydrogen-bond donors (Lipinski definition) is 5. The zero-order valence-corrected chi connectivity index (χ0v) is 57.9. The van der Waals surface area contributed by atoms with E-state index in [9.17, 15) is 79.8 Å². The molecule has 8 aromatic heterocycles. The first-order valence-corrected chi connectivity index (χ1v) is 31.3. The van der Waals surface area contributed by atoms with Crippen molar-refractivity contribution in [2.24, 2.45) is 17.7 Å². The number of aromatic nitrogens is 14. The van der Waals surface area contributed by atoms with Crippen molar-refractivity contribution in [1.82, 2.24) is 70.0 Å². The van der Waals surface area contributed by atoms with Crippen molar-refractivity contribution in [2.75, 3.05) is 17.3 Å². The van der Waals surface area contributed by atoms with Gasteiger partial charge in [-0.05, 0) is 116 Å². The molecule has 0 spiro atoms. The third kappa shape index (κ3) is 24.5. The molecule has 26 nitrogen and oxygen atoms in total. The monoisotopic (exact) mass is 1630 g/mol. The van der Waals surface area contributed by atoms with Crippen molar-refractivity contribution < 1.29 is 114 Å². The van der Waals surface area contributed by atoms with Crippen LogP contribution in [0.2, 0.25) is 15.5 Å². The van der Waals surface area contributed by atoms with E-state index in [0.29, 0.717) is 22.4 Å². The lowest BCUT2D eigenvalue weighted by Crippen LogP contribution is -2.45. The SMILES string of the molecule is C.C.C.C.CC(=O)O.CC(C)(Oc1ncc(-c2ccc3nnc(C4CC4(F)F)n3n2)cc1F)C(F)(F)F.CC(C)(Oc1ncc(B2OC(C)(C)C(C)(C)O2)cc1F)C(F)(F)F.FC1(F)CC1c1nnc2ccc(Cl)nn12.NNc1ccc(Cl)nn1.O=C(CNc1ccc(Cl)nn1)C1CC1(F)F.O=C(O)C1CC1(F)F. The molecule has 5 fully saturated rings. The number of carbonyl (C=O) groups is 3. The predicted octanol–water partition coefficient (Wildman–Crippen LogP) is 14.9. The Morgan fingerprint density at radius 1 is 0.578 bits per heavy atom. The van der Waals surface area contributed by atoms with E-state index < -0.39 is 137 Å². The lowest BCUT2D eigenvalue weighted by atomic mass is 9.80. The maximum absolute atomic E-state index is 14.3. The van der Waals surface area contributed by atoms with Crippen molar-refractivity contribution in [2.45, 2.75) is 188 Å². The number of halogens is 19. The number of carboxylic acids is 2. The second-order valence-corrected chi connectivity index (χ2v) is 26.4. The van der Waals surface area contributed by atoms with Gasteiger partial charge in [-0.3, -0.25) is 14.4 Å². The van der Waals surface area contributed by atoms with E-state index in [2.05, 4.69) is 76.4 Å². The normalized spacial score (nSPS) is 19.2. The Bertz CT molecular complexity index is 4400. The van der Waals surface area contributed by atoms with Crippen LogP contribution in [-0.4, -0.2) is 170 Å². The first-order chi connectivity index (χ1) is 48.2. The summed E-state index contributed by atoms with van der Waals surface area (Å²) in [6, 6.07) is 14.2. The summed E-state index contributed by atoms with van der Waals surface area (Å²) >= 11 is 16.6. The van der Waals surface area contributed by atoms with Gasteiger partial charge in [0.05, 0.1) is 41.2 Å². The number of alkyl halides is 14. The van der Waals surface area contributed by atoms with Crippen LogP contribution in [0.5, 0.6) is 11.8 Å². The molecule has 0 aromatic carbocycles.